The maximum atomic E-state index is 12.2. The van der Waals surface area contributed by atoms with Crippen LogP contribution in [0.25, 0.3) is 0 Å². The van der Waals surface area contributed by atoms with Crippen molar-refractivity contribution in [3.63, 3.8) is 0 Å². The zero-order chi connectivity index (χ0) is 44.2. The number of anilines is 2. The first-order valence-corrected chi connectivity index (χ1v) is 18.8. The van der Waals surface area contributed by atoms with Crippen LogP contribution in [0, 0.1) is 0 Å². The number of halogens is 1. The summed E-state index contributed by atoms with van der Waals surface area (Å²) >= 11 is 5.16. The first kappa shape index (κ1) is 48.7. The first-order valence-electron chi connectivity index (χ1n) is 18.4. The van der Waals surface area contributed by atoms with Gasteiger partial charge in [-0.25, -0.2) is 19.2 Å². The number of ether oxygens (including phenoxy) is 4. The van der Waals surface area contributed by atoms with E-state index in [9.17, 15) is 28.8 Å². The lowest BCUT2D eigenvalue weighted by atomic mass is 10.1. The number of carbonyl (C=O) groups excluding carboxylic acids is 6. The highest BCUT2D eigenvalue weighted by Crippen LogP contribution is 2.15. The number of nitrogen functional groups attached to an aromatic ring is 1. The molecule has 3 amide bonds. The number of alkyl carbamates (subject to hydrolysis) is 2. The van der Waals surface area contributed by atoms with E-state index in [1.807, 2.05) is 12.1 Å². The maximum absolute atomic E-state index is 12.2. The van der Waals surface area contributed by atoms with Crippen LogP contribution in [0.3, 0.4) is 0 Å². The van der Waals surface area contributed by atoms with E-state index < -0.39 is 52.7 Å². The summed E-state index contributed by atoms with van der Waals surface area (Å²) in [5.41, 5.74) is 8.30. The van der Waals surface area contributed by atoms with Gasteiger partial charge in [-0.05, 0) is 101 Å². The van der Waals surface area contributed by atoms with Gasteiger partial charge in [0.05, 0.1) is 14.2 Å². The first-order chi connectivity index (χ1) is 27.7. The molecule has 0 aliphatic rings. The number of methoxy groups -OCH3 is 2. The van der Waals surface area contributed by atoms with Crippen LogP contribution in [-0.2, 0) is 41.4 Å². The van der Waals surface area contributed by atoms with Gasteiger partial charge in [0.15, 0.2) is 0 Å². The number of nitrogens with two attached hydrogens (primary N) is 1. The van der Waals surface area contributed by atoms with Gasteiger partial charge in [0.25, 0.3) is 11.1 Å². The van der Waals surface area contributed by atoms with Crippen molar-refractivity contribution in [3.05, 3.63) is 131 Å². The van der Waals surface area contributed by atoms with E-state index in [0.717, 1.165) is 11.1 Å². The molecule has 14 nitrogen and oxygen atoms in total. The summed E-state index contributed by atoms with van der Waals surface area (Å²) < 4.78 is 19.8. The Morgan fingerprint density at radius 3 is 1.29 bits per heavy atom. The molecule has 4 aromatic rings. The minimum atomic E-state index is -0.889. The fourth-order valence-electron chi connectivity index (χ4n) is 4.78. The molecule has 0 aromatic heterocycles. The highest BCUT2D eigenvalue weighted by atomic mass is 35.5. The van der Waals surface area contributed by atoms with Gasteiger partial charge in [-0.15, -0.1) is 0 Å². The Hall–Kier alpha value is -6.41. The Labute approximate surface area is 350 Å². The molecule has 0 bridgehead atoms. The van der Waals surface area contributed by atoms with Crippen molar-refractivity contribution in [2.24, 2.45) is 0 Å². The molecule has 15 heteroatoms. The molecule has 0 unspecified atom stereocenters. The number of carbonyl (C=O) groups is 6. The molecule has 0 heterocycles. The lowest BCUT2D eigenvalue weighted by molar-refractivity contribution is -0.143. The van der Waals surface area contributed by atoms with Crippen molar-refractivity contribution < 1.29 is 47.7 Å². The van der Waals surface area contributed by atoms with E-state index >= 15 is 0 Å². The molecule has 316 valence electrons. The normalized spacial score (nSPS) is 11.6. The SMILES string of the molecule is COC(=O)[C@@H](Cc1ccc(N)cc1)NC(=O)OC(C)(C)C.COC(=O)[C@@H](Cc1ccc(NC(=O)c2ccccc2)cc1)NC(=O)OC(C)(C)C.O=C(Cl)c1ccccc1. The summed E-state index contributed by atoms with van der Waals surface area (Å²) in [5.74, 6) is -1.31. The van der Waals surface area contributed by atoms with E-state index in [4.69, 9.17) is 36.3 Å². The molecular formula is C44H53ClN4O10. The molecular weight excluding hydrogens is 780 g/mol. The fraction of sp³-hybridized carbons (Fsp3) is 0.318. The van der Waals surface area contributed by atoms with Gasteiger partial charge in [-0.2, -0.15) is 0 Å². The molecule has 0 aliphatic heterocycles. The molecule has 2 atom stereocenters. The molecule has 0 saturated heterocycles. The number of benzene rings is 4. The number of esters is 2. The number of hydrogen-bond donors (Lipinski definition) is 4. The Morgan fingerprint density at radius 1 is 0.576 bits per heavy atom. The van der Waals surface area contributed by atoms with Crippen molar-refractivity contribution in [1.82, 2.24) is 10.6 Å². The largest absolute Gasteiger partial charge is 0.467 e. The third kappa shape index (κ3) is 20.0. The molecule has 0 spiro atoms. The molecule has 4 rings (SSSR count). The molecule has 59 heavy (non-hydrogen) atoms. The second-order valence-electron chi connectivity index (χ2n) is 14.8. The summed E-state index contributed by atoms with van der Waals surface area (Å²) in [6.07, 6.45) is -0.835. The summed E-state index contributed by atoms with van der Waals surface area (Å²) in [6.45, 7) is 10.5. The molecule has 0 fully saturated rings. The van der Waals surface area contributed by atoms with Gasteiger partial charge in [-0.3, -0.25) is 9.59 Å². The highest BCUT2D eigenvalue weighted by Gasteiger charge is 2.26. The standard InChI is InChI=1S/C22H26N2O5.C15H22N2O4.C7H5ClO/c1-22(2,3)29-21(27)24-18(20(26)28-4)14-15-10-12-17(13-11-15)23-19(25)16-8-6-5-7-9-16;1-15(2,3)21-14(19)17-12(13(18)20-4)9-10-5-7-11(16)8-6-10;8-7(9)6-4-2-1-3-5-6/h5-13,18H,14H2,1-4H3,(H,23,25)(H,24,27);5-8,12H,9,16H2,1-4H3,(H,17,19);1-5H/t18-;12-;/m11./s1. The van der Waals surface area contributed by atoms with E-state index in [1.54, 1.807) is 139 Å². The number of nitrogens with one attached hydrogen (secondary N) is 3. The molecule has 0 radical (unpaired) electrons. The highest BCUT2D eigenvalue weighted by molar-refractivity contribution is 6.67. The van der Waals surface area contributed by atoms with Gasteiger partial charge in [0, 0.05) is 35.3 Å². The van der Waals surface area contributed by atoms with Crippen molar-refractivity contribution in [3.8, 4) is 0 Å². The van der Waals surface area contributed by atoms with Crippen molar-refractivity contribution >= 4 is 58.3 Å². The summed E-state index contributed by atoms with van der Waals surface area (Å²) in [6, 6.07) is 30.0. The van der Waals surface area contributed by atoms with Crippen LogP contribution < -0.4 is 21.7 Å². The van der Waals surface area contributed by atoms with Crippen molar-refractivity contribution in [1.29, 1.82) is 0 Å². The smallest absolute Gasteiger partial charge is 0.408 e. The topological polar surface area (TPSA) is 201 Å². The number of hydrogen-bond acceptors (Lipinski definition) is 11. The molecule has 0 aliphatic carbocycles. The molecule has 5 N–H and O–H groups in total. The monoisotopic (exact) mass is 832 g/mol. The van der Waals surface area contributed by atoms with Crippen LogP contribution in [-0.4, -0.2) is 72.8 Å². The minimum absolute atomic E-state index is 0.211. The average molecular weight is 833 g/mol. The predicted octanol–water partition coefficient (Wildman–Crippen LogP) is 7.49. The Bertz CT molecular complexity index is 1960. The summed E-state index contributed by atoms with van der Waals surface area (Å²) in [4.78, 5) is 70.2. The van der Waals surface area contributed by atoms with Gasteiger partial charge in [0.1, 0.15) is 23.3 Å². The Balaban J connectivity index is 0.000000347. The van der Waals surface area contributed by atoms with Gasteiger partial charge >= 0.3 is 24.1 Å². The zero-order valence-electron chi connectivity index (χ0n) is 34.5. The lowest BCUT2D eigenvalue weighted by Crippen LogP contribution is -2.45. The van der Waals surface area contributed by atoms with Gasteiger partial charge in [-0.1, -0.05) is 72.8 Å². The van der Waals surface area contributed by atoms with Crippen molar-refractivity contribution in [2.45, 2.75) is 77.7 Å². The minimum Gasteiger partial charge on any atom is -0.467 e. The van der Waals surface area contributed by atoms with Gasteiger partial charge < -0.3 is 40.6 Å². The van der Waals surface area contributed by atoms with Crippen LogP contribution in [0.5, 0.6) is 0 Å². The van der Waals surface area contributed by atoms with E-state index in [2.05, 4.69) is 16.0 Å². The molecule has 0 saturated carbocycles. The Morgan fingerprint density at radius 2 is 0.949 bits per heavy atom. The van der Waals surface area contributed by atoms with Crippen LogP contribution in [0.2, 0.25) is 0 Å². The second-order valence-corrected chi connectivity index (χ2v) is 15.1. The van der Waals surface area contributed by atoms with Crippen molar-refractivity contribution in [2.75, 3.05) is 25.3 Å². The number of amides is 3. The second kappa shape index (κ2) is 23.7. The van der Waals surface area contributed by atoms with Crippen LogP contribution in [0.15, 0.2) is 109 Å². The zero-order valence-corrected chi connectivity index (χ0v) is 35.3. The maximum Gasteiger partial charge on any atom is 0.408 e. The van der Waals surface area contributed by atoms with E-state index in [1.165, 1.54) is 14.2 Å². The number of rotatable bonds is 11. The third-order valence-electron chi connectivity index (χ3n) is 7.46. The quantitative estimate of drug-likeness (QED) is 0.0505. The summed E-state index contributed by atoms with van der Waals surface area (Å²) in [5, 5.41) is 7.46. The van der Waals surface area contributed by atoms with E-state index in [0.29, 0.717) is 28.9 Å². The van der Waals surface area contributed by atoms with Gasteiger partial charge in [0.2, 0.25) is 0 Å². The fourth-order valence-corrected chi connectivity index (χ4v) is 4.91. The third-order valence-corrected chi connectivity index (χ3v) is 7.68. The predicted molar refractivity (Wildman–Crippen MR) is 226 cm³/mol. The molecule has 4 aromatic carbocycles. The summed E-state index contributed by atoms with van der Waals surface area (Å²) in [7, 11) is 2.53. The lowest BCUT2D eigenvalue weighted by Gasteiger charge is -2.22. The average Bonchev–Trinajstić information content (AvgIpc) is 3.18. The van der Waals surface area contributed by atoms with Crippen LogP contribution >= 0.6 is 11.6 Å². The Kier molecular flexibility index (Phi) is 19.6. The van der Waals surface area contributed by atoms with Crippen LogP contribution in [0.4, 0.5) is 21.0 Å². The van der Waals surface area contributed by atoms with Crippen LogP contribution in [0.1, 0.15) is 73.4 Å². The van der Waals surface area contributed by atoms with E-state index in [-0.39, 0.29) is 12.3 Å².